The highest BCUT2D eigenvalue weighted by atomic mass is 16.5. The summed E-state index contributed by atoms with van der Waals surface area (Å²) in [4.78, 5) is 0. The van der Waals surface area contributed by atoms with Crippen molar-refractivity contribution in [3.63, 3.8) is 0 Å². The quantitative estimate of drug-likeness (QED) is 0.610. The lowest BCUT2D eigenvalue weighted by atomic mass is 9.69. The summed E-state index contributed by atoms with van der Waals surface area (Å²) in [5, 5.41) is 0. The topological polar surface area (TPSA) is 35.2 Å². The highest BCUT2D eigenvalue weighted by Crippen LogP contribution is 2.39. The van der Waals surface area contributed by atoms with Crippen LogP contribution in [0.5, 0.6) is 0 Å². The molecule has 2 nitrogen and oxygen atoms in total. The Bertz CT molecular complexity index is 83.4. The minimum Gasteiger partial charge on any atom is -0.384 e. The highest BCUT2D eigenvalue weighted by Gasteiger charge is 2.35. The molecule has 2 N–H and O–H groups in total. The van der Waals surface area contributed by atoms with Crippen LogP contribution in [0.4, 0.5) is 0 Å². The van der Waals surface area contributed by atoms with Crippen LogP contribution in [-0.4, -0.2) is 20.3 Å². The Morgan fingerprint density at radius 2 is 2.22 bits per heavy atom. The lowest BCUT2D eigenvalue weighted by Crippen LogP contribution is -2.40. The molecule has 1 rings (SSSR count). The molecule has 0 heterocycles. The second-order valence-electron chi connectivity index (χ2n) is 2.99. The van der Waals surface area contributed by atoms with E-state index in [0.29, 0.717) is 5.41 Å². The summed E-state index contributed by atoms with van der Waals surface area (Å²) in [6.45, 7) is 1.64. The maximum Gasteiger partial charge on any atom is 0.0530 e. The van der Waals surface area contributed by atoms with E-state index in [-0.39, 0.29) is 0 Å². The van der Waals surface area contributed by atoms with E-state index in [1.165, 1.54) is 19.3 Å². The van der Waals surface area contributed by atoms with Crippen LogP contribution in [0.15, 0.2) is 0 Å². The molecule has 0 radical (unpaired) electrons. The van der Waals surface area contributed by atoms with Gasteiger partial charge < -0.3 is 10.5 Å². The zero-order valence-corrected chi connectivity index (χ0v) is 6.02. The summed E-state index contributed by atoms with van der Waals surface area (Å²) in [5.41, 5.74) is 5.94. The summed E-state index contributed by atoms with van der Waals surface area (Å²) in [6, 6.07) is 0. The second kappa shape index (κ2) is 2.67. The van der Waals surface area contributed by atoms with Gasteiger partial charge in [0.05, 0.1) is 6.61 Å². The van der Waals surface area contributed by atoms with Gasteiger partial charge in [0.25, 0.3) is 0 Å². The van der Waals surface area contributed by atoms with Gasteiger partial charge in [-0.15, -0.1) is 0 Å². The van der Waals surface area contributed by atoms with Crippen molar-refractivity contribution in [3.8, 4) is 0 Å². The second-order valence-corrected chi connectivity index (χ2v) is 2.99. The Balaban J connectivity index is 2.28. The fourth-order valence-corrected chi connectivity index (χ4v) is 1.39. The standard InChI is InChI=1S/C7H15NO/c1-9-6-7(5-8)3-2-4-7/h2-6,8H2,1H3. The van der Waals surface area contributed by atoms with Crippen molar-refractivity contribution in [2.24, 2.45) is 11.1 Å². The number of nitrogens with two attached hydrogens (primary N) is 1. The summed E-state index contributed by atoms with van der Waals surface area (Å²) in [5.74, 6) is 0. The van der Waals surface area contributed by atoms with E-state index in [1.54, 1.807) is 7.11 Å². The van der Waals surface area contributed by atoms with Gasteiger partial charge in [0.15, 0.2) is 0 Å². The Labute approximate surface area is 56.4 Å². The number of ether oxygens (including phenoxy) is 1. The fourth-order valence-electron chi connectivity index (χ4n) is 1.39. The molecule has 1 saturated carbocycles. The molecule has 1 aliphatic rings. The number of hydrogen-bond acceptors (Lipinski definition) is 2. The molecule has 0 unspecified atom stereocenters. The zero-order valence-electron chi connectivity index (χ0n) is 6.02. The molecule has 0 aliphatic heterocycles. The third kappa shape index (κ3) is 1.25. The van der Waals surface area contributed by atoms with Gasteiger partial charge in [-0.25, -0.2) is 0 Å². The molecule has 1 aliphatic carbocycles. The summed E-state index contributed by atoms with van der Waals surface area (Å²) < 4.78 is 5.06. The molecule has 0 aromatic heterocycles. The van der Waals surface area contributed by atoms with Crippen molar-refractivity contribution < 1.29 is 4.74 Å². The van der Waals surface area contributed by atoms with Gasteiger partial charge in [0.2, 0.25) is 0 Å². The van der Waals surface area contributed by atoms with Crippen LogP contribution in [0.1, 0.15) is 19.3 Å². The van der Waals surface area contributed by atoms with Gasteiger partial charge in [-0.1, -0.05) is 6.42 Å². The maximum atomic E-state index is 5.57. The first kappa shape index (κ1) is 7.03. The van der Waals surface area contributed by atoms with E-state index in [9.17, 15) is 0 Å². The average Bonchev–Trinajstić information content (AvgIpc) is 1.79. The summed E-state index contributed by atoms with van der Waals surface area (Å²) >= 11 is 0. The highest BCUT2D eigenvalue weighted by molar-refractivity contribution is 4.88. The van der Waals surface area contributed by atoms with Crippen molar-refractivity contribution in [1.82, 2.24) is 0 Å². The molecule has 1 fully saturated rings. The zero-order chi connectivity index (χ0) is 6.74. The minimum atomic E-state index is 0.370. The molecule has 0 aromatic rings. The lowest BCUT2D eigenvalue weighted by molar-refractivity contribution is 0.0249. The SMILES string of the molecule is COCC1(CN)CCC1. The van der Waals surface area contributed by atoms with E-state index in [1.807, 2.05) is 0 Å². The molecule has 0 atom stereocenters. The van der Waals surface area contributed by atoms with E-state index < -0.39 is 0 Å². The van der Waals surface area contributed by atoms with Gasteiger partial charge >= 0.3 is 0 Å². The third-order valence-corrected chi connectivity index (χ3v) is 2.30. The van der Waals surface area contributed by atoms with Crippen molar-refractivity contribution >= 4 is 0 Å². The van der Waals surface area contributed by atoms with Crippen LogP contribution in [0.3, 0.4) is 0 Å². The molecule has 0 amide bonds. The third-order valence-electron chi connectivity index (χ3n) is 2.30. The molecular formula is C7H15NO. The fraction of sp³-hybridized carbons (Fsp3) is 1.00. The van der Waals surface area contributed by atoms with E-state index >= 15 is 0 Å². The molecule has 54 valence electrons. The summed E-state index contributed by atoms with van der Waals surface area (Å²) in [6.07, 6.45) is 3.86. The van der Waals surface area contributed by atoms with Crippen molar-refractivity contribution in [2.45, 2.75) is 19.3 Å². The molecular weight excluding hydrogens is 114 g/mol. The van der Waals surface area contributed by atoms with Gasteiger partial charge in [-0.3, -0.25) is 0 Å². The van der Waals surface area contributed by atoms with E-state index in [4.69, 9.17) is 10.5 Å². The molecule has 0 saturated heterocycles. The predicted octanol–water partition coefficient (Wildman–Crippen LogP) is 0.762. The van der Waals surface area contributed by atoms with Crippen LogP contribution >= 0.6 is 0 Å². The largest absolute Gasteiger partial charge is 0.384 e. The first-order valence-electron chi connectivity index (χ1n) is 3.52. The van der Waals surface area contributed by atoms with E-state index in [0.717, 1.165) is 13.2 Å². The normalized spacial score (nSPS) is 23.3. The smallest absolute Gasteiger partial charge is 0.0530 e. The first-order valence-corrected chi connectivity index (χ1v) is 3.52. The molecule has 0 aromatic carbocycles. The molecule has 2 heteroatoms. The molecule has 9 heavy (non-hydrogen) atoms. The first-order chi connectivity index (χ1) is 4.33. The van der Waals surface area contributed by atoms with Crippen LogP contribution in [0.25, 0.3) is 0 Å². The van der Waals surface area contributed by atoms with Crippen molar-refractivity contribution in [2.75, 3.05) is 20.3 Å². The average molecular weight is 129 g/mol. The predicted molar refractivity (Wildman–Crippen MR) is 37.2 cm³/mol. The van der Waals surface area contributed by atoms with Crippen LogP contribution in [-0.2, 0) is 4.74 Å². The van der Waals surface area contributed by atoms with Crippen molar-refractivity contribution in [1.29, 1.82) is 0 Å². The molecule has 0 bridgehead atoms. The summed E-state index contributed by atoms with van der Waals surface area (Å²) in [7, 11) is 1.75. The van der Waals surface area contributed by atoms with Gasteiger partial charge in [-0.05, 0) is 12.8 Å². The Morgan fingerprint density at radius 3 is 2.33 bits per heavy atom. The number of hydrogen-bond donors (Lipinski definition) is 1. The molecule has 0 spiro atoms. The Hall–Kier alpha value is -0.0800. The monoisotopic (exact) mass is 129 g/mol. The van der Waals surface area contributed by atoms with Crippen LogP contribution in [0.2, 0.25) is 0 Å². The van der Waals surface area contributed by atoms with Crippen LogP contribution in [0, 0.1) is 5.41 Å². The van der Waals surface area contributed by atoms with Crippen LogP contribution < -0.4 is 5.73 Å². The van der Waals surface area contributed by atoms with Crippen molar-refractivity contribution in [3.05, 3.63) is 0 Å². The minimum absolute atomic E-state index is 0.370. The lowest BCUT2D eigenvalue weighted by Gasteiger charge is -2.40. The van der Waals surface area contributed by atoms with Gasteiger partial charge in [-0.2, -0.15) is 0 Å². The van der Waals surface area contributed by atoms with Gasteiger partial charge in [0.1, 0.15) is 0 Å². The van der Waals surface area contributed by atoms with Gasteiger partial charge in [0, 0.05) is 19.1 Å². The number of methoxy groups -OCH3 is 1. The number of rotatable bonds is 3. The maximum absolute atomic E-state index is 5.57. The van der Waals surface area contributed by atoms with E-state index in [2.05, 4.69) is 0 Å². The Morgan fingerprint density at radius 1 is 1.56 bits per heavy atom. The Kier molecular flexibility index (Phi) is 2.09.